The third kappa shape index (κ3) is 1.59. The Bertz CT molecular complexity index is 386. The summed E-state index contributed by atoms with van der Waals surface area (Å²) in [5.41, 5.74) is 0. The fourth-order valence-corrected chi connectivity index (χ4v) is 4.48. The quantitative estimate of drug-likeness (QED) is 0.517. The van der Waals surface area contributed by atoms with Crippen LogP contribution in [-0.4, -0.2) is 12.3 Å². The van der Waals surface area contributed by atoms with Gasteiger partial charge in [-0.2, -0.15) is 0 Å². The summed E-state index contributed by atoms with van der Waals surface area (Å²) in [6.07, 6.45) is 5.28. The van der Waals surface area contributed by atoms with E-state index in [1.807, 2.05) is 30.4 Å². The van der Waals surface area contributed by atoms with Crippen LogP contribution >= 0.6 is 18.7 Å². The summed E-state index contributed by atoms with van der Waals surface area (Å²) in [6, 6.07) is 7.42. The van der Waals surface area contributed by atoms with Crippen molar-refractivity contribution >= 4 is 24.0 Å². The lowest BCUT2D eigenvalue weighted by molar-refractivity contribution is 0.585. The van der Waals surface area contributed by atoms with Gasteiger partial charge in [-0.15, -0.1) is 0 Å². The molecule has 1 aromatic carbocycles. The summed E-state index contributed by atoms with van der Waals surface area (Å²) in [4.78, 5) is 0. The molecule has 68 valence electrons. The number of hydrogen-bond acceptors (Lipinski definition) is 1. The second-order valence-corrected chi connectivity index (χ2v) is 6.58. The van der Waals surface area contributed by atoms with Gasteiger partial charge in [-0.25, -0.2) is 0 Å². The normalized spacial score (nSPS) is 19.2. The largest absolute Gasteiger partial charge is 0.318 e. The highest BCUT2D eigenvalue weighted by atomic mass is 35.5. The van der Waals surface area contributed by atoms with Crippen molar-refractivity contribution in [2.24, 2.45) is 0 Å². The lowest BCUT2D eigenvalue weighted by Gasteiger charge is -2.12. The maximum atomic E-state index is 12.3. The van der Waals surface area contributed by atoms with Crippen molar-refractivity contribution < 1.29 is 4.57 Å². The number of allylic oxidation sites excluding steroid dienone is 2. The van der Waals surface area contributed by atoms with Gasteiger partial charge in [0, 0.05) is 17.6 Å². The molecule has 1 aliphatic heterocycles. The van der Waals surface area contributed by atoms with Crippen LogP contribution in [0.4, 0.5) is 0 Å². The van der Waals surface area contributed by atoms with Crippen LogP contribution < -0.4 is 5.30 Å². The maximum Gasteiger partial charge on any atom is 0.124 e. The molecule has 0 atom stereocenters. The topological polar surface area (TPSA) is 17.1 Å². The highest BCUT2D eigenvalue weighted by Gasteiger charge is 2.27. The molecule has 3 heteroatoms. The zero-order valence-electron chi connectivity index (χ0n) is 7.11. The van der Waals surface area contributed by atoms with E-state index in [-0.39, 0.29) is 0 Å². The van der Waals surface area contributed by atoms with Gasteiger partial charge < -0.3 is 4.57 Å². The molecule has 2 rings (SSSR count). The van der Waals surface area contributed by atoms with E-state index < -0.39 is 7.14 Å². The molecule has 1 aromatic rings. The minimum Gasteiger partial charge on any atom is -0.318 e. The van der Waals surface area contributed by atoms with E-state index in [9.17, 15) is 4.57 Å². The first-order valence-corrected chi connectivity index (χ1v) is 6.66. The Morgan fingerprint density at radius 2 is 1.77 bits per heavy atom. The van der Waals surface area contributed by atoms with Crippen LogP contribution in [0, 0.1) is 0 Å². The van der Waals surface area contributed by atoms with Crippen molar-refractivity contribution in [3.05, 3.63) is 41.4 Å². The summed E-state index contributed by atoms with van der Waals surface area (Å²) >= 11 is 5.99. The van der Waals surface area contributed by atoms with Crippen LogP contribution in [-0.2, 0) is 4.57 Å². The summed E-state index contributed by atoms with van der Waals surface area (Å²) in [5, 5.41) is 1.47. The minimum absolute atomic E-state index is 0.634. The third-order valence-corrected chi connectivity index (χ3v) is 5.59. The fourth-order valence-electron chi connectivity index (χ4n) is 1.54. The van der Waals surface area contributed by atoms with Crippen molar-refractivity contribution in [2.75, 3.05) is 12.3 Å². The van der Waals surface area contributed by atoms with Gasteiger partial charge in [0.15, 0.2) is 0 Å². The van der Waals surface area contributed by atoms with E-state index in [0.717, 1.165) is 5.30 Å². The van der Waals surface area contributed by atoms with Gasteiger partial charge in [0.05, 0.1) is 5.02 Å². The first kappa shape index (κ1) is 9.05. The average molecular weight is 213 g/mol. The molecule has 1 aliphatic rings. The Hall–Kier alpha value is -0.520. The first-order valence-electron chi connectivity index (χ1n) is 4.20. The van der Waals surface area contributed by atoms with Crippen molar-refractivity contribution in [1.29, 1.82) is 0 Å². The molecule has 0 unspecified atom stereocenters. The van der Waals surface area contributed by atoms with Crippen LogP contribution in [0.3, 0.4) is 0 Å². The average Bonchev–Trinajstić information content (AvgIpc) is 2.54. The van der Waals surface area contributed by atoms with Gasteiger partial charge in [0.25, 0.3) is 0 Å². The summed E-state index contributed by atoms with van der Waals surface area (Å²) in [5.74, 6) is 0. The number of benzene rings is 1. The Kier molecular flexibility index (Phi) is 2.31. The molecule has 0 spiro atoms. The molecule has 0 radical (unpaired) electrons. The monoisotopic (exact) mass is 212 g/mol. The zero-order valence-corrected chi connectivity index (χ0v) is 8.76. The van der Waals surface area contributed by atoms with E-state index in [0.29, 0.717) is 17.3 Å². The second kappa shape index (κ2) is 3.32. The SMILES string of the molecule is O=P1(c2ccccc2Cl)CC=CC1. The molecule has 0 saturated heterocycles. The van der Waals surface area contributed by atoms with Crippen LogP contribution in [0.1, 0.15) is 0 Å². The Balaban J connectivity index is 2.46. The van der Waals surface area contributed by atoms with Crippen molar-refractivity contribution in [3.8, 4) is 0 Å². The van der Waals surface area contributed by atoms with Gasteiger partial charge in [-0.05, 0) is 12.1 Å². The lowest BCUT2D eigenvalue weighted by atomic mass is 10.4. The summed E-state index contributed by atoms with van der Waals surface area (Å²) < 4.78 is 12.3. The number of hydrogen-bond donors (Lipinski definition) is 0. The Morgan fingerprint density at radius 3 is 2.38 bits per heavy atom. The van der Waals surface area contributed by atoms with Gasteiger partial charge in [-0.3, -0.25) is 0 Å². The van der Waals surface area contributed by atoms with Gasteiger partial charge in [-0.1, -0.05) is 35.9 Å². The highest BCUT2D eigenvalue weighted by molar-refractivity contribution is 7.72. The predicted octanol–water partition coefficient (Wildman–Crippen LogP) is 2.90. The van der Waals surface area contributed by atoms with Crippen molar-refractivity contribution in [1.82, 2.24) is 0 Å². The lowest BCUT2D eigenvalue weighted by Crippen LogP contribution is -2.07. The highest BCUT2D eigenvalue weighted by Crippen LogP contribution is 2.49. The zero-order chi connectivity index (χ0) is 9.31. The van der Waals surface area contributed by atoms with Gasteiger partial charge in [0.2, 0.25) is 0 Å². The predicted molar refractivity (Wildman–Crippen MR) is 57.6 cm³/mol. The molecule has 0 bridgehead atoms. The van der Waals surface area contributed by atoms with E-state index in [4.69, 9.17) is 11.6 Å². The van der Waals surface area contributed by atoms with Crippen molar-refractivity contribution in [3.63, 3.8) is 0 Å². The minimum atomic E-state index is -2.20. The molecule has 0 aromatic heterocycles. The standard InChI is InChI=1S/C10H10ClOP/c11-9-5-1-2-6-10(9)13(12)7-3-4-8-13/h1-6H,7-8H2. The maximum absolute atomic E-state index is 12.3. The molecular formula is C10H10ClOP. The molecule has 0 saturated carbocycles. The van der Waals surface area contributed by atoms with Crippen LogP contribution in [0.2, 0.25) is 5.02 Å². The van der Waals surface area contributed by atoms with E-state index >= 15 is 0 Å². The van der Waals surface area contributed by atoms with E-state index in [2.05, 4.69) is 0 Å². The van der Waals surface area contributed by atoms with E-state index in [1.54, 1.807) is 6.07 Å². The smallest absolute Gasteiger partial charge is 0.124 e. The fraction of sp³-hybridized carbons (Fsp3) is 0.200. The third-order valence-electron chi connectivity index (χ3n) is 2.26. The van der Waals surface area contributed by atoms with Gasteiger partial charge >= 0.3 is 0 Å². The summed E-state index contributed by atoms with van der Waals surface area (Å²) in [7, 11) is -2.20. The molecule has 1 nitrogen and oxygen atoms in total. The molecule has 0 amide bonds. The number of halogens is 1. The Labute approximate surface area is 82.8 Å². The molecule has 0 aliphatic carbocycles. The molecule has 0 fully saturated rings. The first-order chi connectivity index (χ1) is 6.22. The molecular weight excluding hydrogens is 203 g/mol. The van der Waals surface area contributed by atoms with Crippen LogP contribution in [0.5, 0.6) is 0 Å². The summed E-state index contributed by atoms with van der Waals surface area (Å²) in [6.45, 7) is 0. The molecule has 1 heterocycles. The second-order valence-electron chi connectivity index (χ2n) is 3.18. The number of rotatable bonds is 1. The van der Waals surface area contributed by atoms with Crippen molar-refractivity contribution in [2.45, 2.75) is 0 Å². The van der Waals surface area contributed by atoms with E-state index in [1.165, 1.54) is 0 Å². The molecule has 13 heavy (non-hydrogen) atoms. The molecule has 0 N–H and O–H groups in total. The Morgan fingerprint density at radius 1 is 1.15 bits per heavy atom. The van der Waals surface area contributed by atoms with Crippen LogP contribution in [0.15, 0.2) is 36.4 Å². The van der Waals surface area contributed by atoms with Crippen LogP contribution in [0.25, 0.3) is 0 Å². The van der Waals surface area contributed by atoms with Gasteiger partial charge in [0.1, 0.15) is 7.14 Å².